The molecule has 1 aliphatic heterocycles. The lowest BCUT2D eigenvalue weighted by Gasteiger charge is -2.24. The first-order valence-corrected chi connectivity index (χ1v) is 4.30. The highest BCUT2D eigenvalue weighted by Crippen LogP contribution is 2.31. The van der Waals surface area contributed by atoms with Crippen LogP contribution in [0.3, 0.4) is 0 Å². The van der Waals surface area contributed by atoms with Crippen LogP contribution in [-0.4, -0.2) is 11.7 Å². The van der Waals surface area contributed by atoms with Gasteiger partial charge in [-0.2, -0.15) is 0 Å². The van der Waals surface area contributed by atoms with Gasteiger partial charge in [-0.3, -0.25) is 0 Å². The molecule has 0 spiro atoms. The Labute approximate surface area is 72.2 Å². The van der Waals surface area contributed by atoms with Gasteiger partial charge in [-0.15, -0.1) is 0 Å². The first-order valence-electron chi connectivity index (χ1n) is 4.30. The average Bonchev–Trinajstić information content (AvgIpc) is 2.04. The molecular formula is C10H13NO. The predicted octanol–water partition coefficient (Wildman–Crippen LogP) is 1.84. The minimum atomic E-state index is -0.276. The van der Waals surface area contributed by atoms with Crippen molar-refractivity contribution in [3.8, 4) is 0 Å². The van der Waals surface area contributed by atoms with Gasteiger partial charge >= 0.3 is 0 Å². The molecule has 0 fully saturated rings. The Bertz CT molecular complexity index is 296. The fraction of sp³-hybridized carbons (Fsp3) is 0.400. The van der Waals surface area contributed by atoms with Crippen LogP contribution in [0.5, 0.6) is 0 Å². The van der Waals surface area contributed by atoms with Crippen molar-refractivity contribution in [1.82, 2.24) is 0 Å². The molecule has 0 bridgehead atoms. The zero-order valence-corrected chi connectivity index (χ0v) is 7.17. The van der Waals surface area contributed by atoms with Crippen LogP contribution in [-0.2, 0) is 0 Å². The van der Waals surface area contributed by atoms with Gasteiger partial charge in [-0.05, 0) is 25.0 Å². The number of aryl methyl sites for hydroxylation is 1. The molecule has 0 saturated heterocycles. The fourth-order valence-corrected chi connectivity index (χ4v) is 1.77. The summed E-state index contributed by atoms with van der Waals surface area (Å²) in [5.41, 5.74) is 3.34. The van der Waals surface area contributed by atoms with Gasteiger partial charge in [0.2, 0.25) is 0 Å². The summed E-state index contributed by atoms with van der Waals surface area (Å²) in [6.45, 7) is 2.91. The van der Waals surface area contributed by atoms with Crippen molar-refractivity contribution in [2.75, 3.05) is 11.9 Å². The minimum absolute atomic E-state index is 0.276. The van der Waals surface area contributed by atoms with E-state index in [2.05, 4.69) is 5.32 Å². The molecule has 0 amide bonds. The minimum Gasteiger partial charge on any atom is -0.388 e. The first kappa shape index (κ1) is 7.62. The lowest BCUT2D eigenvalue weighted by atomic mass is 9.96. The van der Waals surface area contributed by atoms with Gasteiger partial charge in [0.1, 0.15) is 0 Å². The molecule has 2 rings (SSSR count). The third kappa shape index (κ3) is 1.08. The van der Waals surface area contributed by atoms with Gasteiger partial charge in [0.05, 0.1) is 6.10 Å². The van der Waals surface area contributed by atoms with Gasteiger partial charge in [0.15, 0.2) is 0 Å². The van der Waals surface area contributed by atoms with Crippen molar-refractivity contribution in [3.63, 3.8) is 0 Å². The second kappa shape index (κ2) is 2.79. The maximum absolute atomic E-state index is 9.70. The molecule has 2 nitrogen and oxygen atoms in total. The molecular weight excluding hydrogens is 150 g/mol. The monoisotopic (exact) mass is 163 g/mol. The Hall–Kier alpha value is -1.02. The van der Waals surface area contributed by atoms with Crippen LogP contribution in [0.4, 0.5) is 5.69 Å². The molecule has 64 valence electrons. The molecule has 1 aromatic rings. The van der Waals surface area contributed by atoms with Gasteiger partial charge in [0.25, 0.3) is 0 Å². The number of aliphatic hydroxyl groups excluding tert-OH is 1. The van der Waals surface area contributed by atoms with Crippen LogP contribution in [0.1, 0.15) is 23.7 Å². The van der Waals surface area contributed by atoms with E-state index < -0.39 is 0 Å². The van der Waals surface area contributed by atoms with Gasteiger partial charge in [-0.1, -0.05) is 12.1 Å². The molecule has 1 unspecified atom stereocenters. The lowest BCUT2D eigenvalue weighted by Crippen LogP contribution is -2.17. The quantitative estimate of drug-likeness (QED) is 0.611. The van der Waals surface area contributed by atoms with Gasteiger partial charge < -0.3 is 10.4 Å². The largest absolute Gasteiger partial charge is 0.388 e. The molecule has 1 aromatic carbocycles. The van der Waals surface area contributed by atoms with Crippen molar-refractivity contribution in [1.29, 1.82) is 0 Å². The number of fused-ring (bicyclic) bond motifs is 1. The van der Waals surface area contributed by atoms with Crippen LogP contribution in [0, 0.1) is 6.92 Å². The van der Waals surface area contributed by atoms with Crippen molar-refractivity contribution in [2.24, 2.45) is 0 Å². The van der Waals surface area contributed by atoms with Crippen molar-refractivity contribution in [3.05, 3.63) is 29.3 Å². The topological polar surface area (TPSA) is 32.3 Å². The van der Waals surface area contributed by atoms with Gasteiger partial charge in [0, 0.05) is 17.8 Å². The summed E-state index contributed by atoms with van der Waals surface area (Å²) in [5, 5.41) is 13.0. The summed E-state index contributed by atoms with van der Waals surface area (Å²) in [6.07, 6.45) is 0.542. The molecule has 0 saturated carbocycles. The smallest absolute Gasteiger partial charge is 0.0829 e. The van der Waals surface area contributed by atoms with Crippen molar-refractivity contribution >= 4 is 5.69 Å². The molecule has 2 N–H and O–H groups in total. The molecule has 0 aliphatic carbocycles. The standard InChI is InChI=1S/C10H13NO/c1-7-3-2-4-8-10(7)9(12)5-6-11-8/h2-4,9,11-12H,5-6H2,1H3. The molecule has 2 heteroatoms. The number of rotatable bonds is 0. The normalized spacial score (nSPS) is 21.3. The summed E-state index contributed by atoms with van der Waals surface area (Å²) in [7, 11) is 0. The fourth-order valence-electron chi connectivity index (χ4n) is 1.77. The van der Waals surface area contributed by atoms with E-state index in [-0.39, 0.29) is 6.10 Å². The average molecular weight is 163 g/mol. The number of anilines is 1. The van der Waals surface area contributed by atoms with E-state index in [9.17, 15) is 5.11 Å². The van der Waals surface area contributed by atoms with Crippen LogP contribution < -0.4 is 5.32 Å². The Morgan fingerprint density at radius 3 is 3.08 bits per heavy atom. The molecule has 1 aliphatic rings. The second-order valence-electron chi connectivity index (χ2n) is 3.27. The highest BCUT2D eigenvalue weighted by molar-refractivity contribution is 5.57. The molecule has 12 heavy (non-hydrogen) atoms. The van der Waals surface area contributed by atoms with Crippen LogP contribution in [0.25, 0.3) is 0 Å². The van der Waals surface area contributed by atoms with E-state index in [1.54, 1.807) is 0 Å². The highest BCUT2D eigenvalue weighted by atomic mass is 16.3. The van der Waals surface area contributed by atoms with Crippen LogP contribution in [0.15, 0.2) is 18.2 Å². The Kier molecular flexibility index (Phi) is 1.77. The molecule has 0 radical (unpaired) electrons. The van der Waals surface area contributed by atoms with E-state index in [4.69, 9.17) is 0 Å². The molecule has 1 atom stereocenters. The number of hydrogen-bond acceptors (Lipinski definition) is 2. The number of hydrogen-bond donors (Lipinski definition) is 2. The third-order valence-electron chi connectivity index (χ3n) is 2.39. The number of benzene rings is 1. The highest BCUT2D eigenvalue weighted by Gasteiger charge is 2.18. The van der Waals surface area contributed by atoms with E-state index in [1.165, 1.54) is 5.56 Å². The van der Waals surface area contributed by atoms with E-state index in [1.807, 2.05) is 25.1 Å². The maximum Gasteiger partial charge on any atom is 0.0829 e. The summed E-state index contributed by atoms with van der Waals surface area (Å²) in [4.78, 5) is 0. The molecule has 1 heterocycles. The van der Waals surface area contributed by atoms with E-state index in [0.29, 0.717) is 0 Å². The maximum atomic E-state index is 9.70. The second-order valence-corrected chi connectivity index (χ2v) is 3.27. The van der Waals surface area contributed by atoms with Crippen LogP contribution in [0.2, 0.25) is 0 Å². The number of aliphatic hydroxyl groups is 1. The SMILES string of the molecule is Cc1cccc2c1C(O)CCN2. The third-order valence-corrected chi connectivity index (χ3v) is 2.39. The first-order chi connectivity index (χ1) is 5.79. The van der Waals surface area contributed by atoms with Crippen LogP contribution >= 0.6 is 0 Å². The summed E-state index contributed by atoms with van der Waals surface area (Å²) in [6, 6.07) is 6.07. The summed E-state index contributed by atoms with van der Waals surface area (Å²) >= 11 is 0. The summed E-state index contributed by atoms with van der Waals surface area (Å²) in [5.74, 6) is 0. The Morgan fingerprint density at radius 2 is 2.33 bits per heavy atom. The molecule has 0 aromatic heterocycles. The predicted molar refractivity (Wildman–Crippen MR) is 49.2 cm³/mol. The zero-order valence-electron chi connectivity index (χ0n) is 7.17. The zero-order chi connectivity index (χ0) is 8.55. The van der Waals surface area contributed by atoms with Crippen molar-refractivity contribution in [2.45, 2.75) is 19.4 Å². The summed E-state index contributed by atoms with van der Waals surface area (Å²) < 4.78 is 0. The Balaban J connectivity index is 2.53. The Morgan fingerprint density at radius 1 is 1.50 bits per heavy atom. The van der Waals surface area contributed by atoms with E-state index in [0.717, 1.165) is 24.2 Å². The van der Waals surface area contributed by atoms with Crippen molar-refractivity contribution < 1.29 is 5.11 Å². The number of nitrogens with one attached hydrogen (secondary N) is 1. The van der Waals surface area contributed by atoms with E-state index >= 15 is 0 Å². The van der Waals surface area contributed by atoms with Gasteiger partial charge in [-0.25, -0.2) is 0 Å². The lowest BCUT2D eigenvalue weighted by molar-refractivity contribution is 0.168.